The molecule has 0 atom stereocenters. The first-order valence-corrected chi connectivity index (χ1v) is 25.6. The van der Waals surface area contributed by atoms with E-state index >= 15 is 0 Å². The van der Waals surface area contributed by atoms with Crippen LogP contribution in [0.1, 0.15) is 70.7 Å². The van der Waals surface area contributed by atoms with Gasteiger partial charge in [0.05, 0.1) is 0 Å². The Labute approximate surface area is 393 Å². The molecule has 0 bridgehead atoms. The molecular weight excluding hydrogens is 812 g/mol. The third kappa shape index (κ3) is 6.29. The molecule has 0 amide bonds. The first kappa shape index (κ1) is 41.8. The molecule has 11 rings (SSSR count). The predicted molar refractivity (Wildman–Crippen MR) is 288 cm³/mol. The number of nitrogens with zero attached hydrogens (tertiary/aromatic N) is 2. The van der Waals surface area contributed by atoms with Crippen molar-refractivity contribution in [2.45, 2.75) is 66.2 Å². The summed E-state index contributed by atoms with van der Waals surface area (Å²) in [7, 11) is -2.83. The molecule has 8 aromatic carbocycles. The Hall–Kier alpha value is -6.88. The van der Waals surface area contributed by atoms with Crippen LogP contribution in [-0.4, -0.2) is 14.8 Å². The fourth-order valence-corrected chi connectivity index (χ4v) is 16.7. The van der Waals surface area contributed by atoms with Crippen LogP contribution in [0.4, 0.5) is 28.4 Å². The SMILES string of the molecule is C=C/C(=C(\C)N1c2cc3c(cc2B2c4ccc(C(C)(C)C)cc4N(c4cccc(C(C)(C)C)c4)c4cc(C)cc1c42)[Si](c1ccccc1)(c1ccccc1)c1ccccc1-3)c1ccccc1. The summed E-state index contributed by atoms with van der Waals surface area (Å²) in [6.07, 6.45) is 2.05. The normalized spacial score (nSPS) is 14.7. The van der Waals surface area contributed by atoms with Gasteiger partial charge < -0.3 is 9.80 Å². The minimum atomic E-state index is -2.83. The summed E-state index contributed by atoms with van der Waals surface area (Å²) in [6, 6.07) is 69.7. The smallest absolute Gasteiger partial charge is 0.252 e. The lowest BCUT2D eigenvalue weighted by Gasteiger charge is -2.46. The van der Waals surface area contributed by atoms with Crippen molar-refractivity contribution in [1.82, 2.24) is 0 Å². The van der Waals surface area contributed by atoms with Crippen LogP contribution in [0.5, 0.6) is 0 Å². The van der Waals surface area contributed by atoms with E-state index in [-0.39, 0.29) is 17.5 Å². The van der Waals surface area contributed by atoms with Gasteiger partial charge in [0, 0.05) is 39.7 Å². The molecule has 3 aliphatic rings. The third-order valence-corrected chi connectivity index (χ3v) is 19.5. The number of hydrogen-bond acceptors (Lipinski definition) is 2. The lowest BCUT2D eigenvalue weighted by atomic mass is 9.33. The van der Waals surface area contributed by atoms with E-state index in [1.807, 2.05) is 0 Å². The van der Waals surface area contributed by atoms with Crippen molar-refractivity contribution in [2.24, 2.45) is 0 Å². The predicted octanol–water partition coefficient (Wildman–Crippen LogP) is 11.3. The Morgan fingerprint density at radius 1 is 0.530 bits per heavy atom. The van der Waals surface area contributed by atoms with E-state index < -0.39 is 8.07 Å². The lowest BCUT2D eigenvalue weighted by Crippen LogP contribution is -2.73. The van der Waals surface area contributed by atoms with E-state index in [0.29, 0.717) is 0 Å². The molecular formula is C62H57BN2Si. The zero-order chi connectivity index (χ0) is 45.7. The van der Waals surface area contributed by atoms with Crippen LogP contribution in [0.25, 0.3) is 16.7 Å². The maximum atomic E-state index is 4.47. The summed E-state index contributed by atoms with van der Waals surface area (Å²) in [6.45, 7) is 23.0. The Bertz CT molecular complexity index is 3220. The van der Waals surface area contributed by atoms with Crippen molar-refractivity contribution in [3.05, 3.63) is 223 Å². The molecule has 322 valence electrons. The molecule has 3 heterocycles. The molecule has 4 heteroatoms. The number of fused-ring (bicyclic) bond motifs is 7. The van der Waals surface area contributed by atoms with Crippen molar-refractivity contribution >= 4 is 85.9 Å². The number of rotatable bonds is 6. The first-order chi connectivity index (χ1) is 31.8. The number of aryl methyl sites for hydroxylation is 1. The molecule has 0 aromatic heterocycles. The van der Waals surface area contributed by atoms with Gasteiger partial charge in [-0.1, -0.05) is 200 Å². The Morgan fingerprint density at radius 2 is 1.14 bits per heavy atom. The molecule has 0 fully saturated rings. The van der Waals surface area contributed by atoms with Crippen LogP contribution in [0, 0.1) is 6.92 Å². The second-order valence-electron chi connectivity index (χ2n) is 20.7. The van der Waals surface area contributed by atoms with Gasteiger partial charge in [-0.15, -0.1) is 0 Å². The van der Waals surface area contributed by atoms with Gasteiger partial charge in [0.15, 0.2) is 8.07 Å². The molecule has 3 aliphatic heterocycles. The quantitative estimate of drug-likeness (QED) is 0.121. The van der Waals surface area contributed by atoms with Crippen LogP contribution in [0.2, 0.25) is 0 Å². The van der Waals surface area contributed by atoms with Gasteiger partial charge in [0.2, 0.25) is 0 Å². The molecule has 66 heavy (non-hydrogen) atoms. The van der Waals surface area contributed by atoms with Crippen LogP contribution < -0.4 is 46.9 Å². The van der Waals surface area contributed by atoms with Gasteiger partial charge >= 0.3 is 0 Å². The van der Waals surface area contributed by atoms with Crippen molar-refractivity contribution in [2.75, 3.05) is 9.80 Å². The highest BCUT2D eigenvalue weighted by molar-refractivity contribution is 7.22. The Balaban J connectivity index is 1.30. The molecule has 0 spiro atoms. The molecule has 0 unspecified atom stereocenters. The van der Waals surface area contributed by atoms with Gasteiger partial charge in [0.1, 0.15) is 0 Å². The minimum absolute atomic E-state index is 0.0154. The van der Waals surface area contributed by atoms with E-state index in [1.165, 1.54) is 93.4 Å². The molecule has 0 radical (unpaired) electrons. The number of allylic oxidation sites excluding steroid dienone is 3. The molecule has 0 saturated carbocycles. The van der Waals surface area contributed by atoms with Gasteiger partial charge in [-0.3, -0.25) is 0 Å². The van der Waals surface area contributed by atoms with E-state index in [0.717, 1.165) is 16.8 Å². The standard InChI is InChI=1S/C62H57BN2Si/c1-10-49(43-23-14-11-15-24-43)42(3)64-55-39-51-50-31-20-21-32-58(50)66(47-27-16-12-17-28-47,48-29-18-13-19-30-48)59(51)40-53(55)63-52-34-33-45(62(7,8)9)38-54(52)65(57-36-41(2)35-56(64)60(57)63)46-26-22-25-44(37-46)61(4,5)6/h10-40H,1H2,2-9H3/b49-42-. The van der Waals surface area contributed by atoms with Crippen LogP contribution in [0.3, 0.4) is 0 Å². The molecule has 8 aromatic rings. The summed E-state index contributed by atoms with van der Waals surface area (Å²) < 4.78 is 0. The maximum Gasteiger partial charge on any atom is 0.252 e. The van der Waals surface area contributed by atoms with Crippen LogP contribution in [0.15, 0.2) is 200 Å². The monoisotopic (exact) mass is 868 g/mol. The Morgan fingerprint density at radius 3 is 1.79 bits per heavy atom. The van der Waals surface area contributed by atoms with Gasteiger partial charge in [-0.05, 0) is 132 Å². The summed E-state index contributed by atoms with van der Waals surface area (Å²) in [4.78, 5) is 5.18. The summed E-state index contributed by atoms with van der Waals surface area (Å²) in [5.74, 6) is 0. The van der Waals surface area contributed by atoms with E-state index in [4.69, 9.17) is 0 Å². The molecule has 2 nitrogen and oxygen atoms in total. The van der Waals surface area contributed by atoms with Crippen LogP contribution in [-0.2, 0) is 10.8 Å². The van der Waals surface area contributed by atoms with Gasteiger partial charge in [-0.2, -0.15) is 0 Å². The third-order valence-electron chi connectivity index (χ3n) is 14.6. The first-order valence-electron chi connectivity index (χ1n) is 23.6. The minimum Gasteiger partial charge on any atom is -0.315 e. The highest BCUT2D eigenvalue weighted by Crippen LogP contribution is 2.46. The topological polar surface area (TPSA) is 6.48 Å². The van der Waals surface area contributed by atoms with Crippen molar-refractivity contribution in [3.8, 4) is 11.1 Å². The van der Waals surface area contributed by atoms with E-state index in [1.54, 1.807) is 0 Å². The lowest BCUT2D eigenvalue weighted by molar-refractivity contribution is 0.590. The maximum absolute atomic E-state index is 4.47. The van der Waals surface area contributed by atoms with E-state index in [9.17, 15) is 0 Å². The zero-order valence-electron chi connectivity index (χ0n) is 39.6. The van der Waals surface area contributed by atoms with Crippen LogP contribution >= 0.6 is 0 Å². The number of benzene rings is 8. The molecule has 0 saturated heterocycles. The van der Waals surface area contributed by atoms with Gasteiger partial charge in [-0.25, -0.2) is 0 Å². The van der Waals surface area contributed by atoms with Crippen molar-refractivity contribution in [3.63, 3.8) is 0 Å². The van der Waals surface area contributed by atoms with Gasteiger partial charge in [0.25, 0.3) is 6.71 Å². The summed E-state index contributed by atoms with van der Waals surface area (Å²) in [5, 5.41) is 5.72. The number of anilines is 5. The highest BCUT2D eigenvalue weighted by atomic mass is 28.3. The molecule has 0 aliphatic carbocycles. The second kappa shape index (κ2) is 15.4. The van der Waals surface area contributed by atoms with Crippen molar-refractivity contribution < 1.29 is 0 Å². The average molecular weight is 869 g/mol. The summed E-state index contributed by atoms with van der Waals surface area (Å²) >= 11 is 0. The average Bonchev–Trinajstić information content (AvgIpc) is 3.61. The fraction of sp³-hybridized carbons (Fsp3) is 0.161. The fourth-order valence-electron chi connectivity index (χ4n) is 11.5. The summed E-state index contributed by atoms with van der Waals surface area (Å²) in [5.41, 5.74) is 20.0. The number of hydrogen-bond donors (Lipinski definition) is 0. The largest absolute Gasteiger partial charge is 0.315 e. The van der Waals surface area contributed by atoms with E-state index in [2.05, 4.69) is 260 Å². The highest BCUT2D eigenvalue weighted by Gasteiger charge is 2.51. The molecule has 0 N–H and O–H groups in total. The second-order valence-corrected chi connectivity index (χ2v) is 24.4. The Kier molecular flexibility index (Phi) is 9.73. The van der Waals surface area contributed by atoms with Crippen molar-refractivity contribution in [1.29, 1.82) is 0 Å². The zero-order valence-corrected chi connectivity index (χ0v) is 40.6.